The second kappa shape index (κ2) is 6.31. The minimum absolute atomic E-state index is 0.115. The van der Waals surface area contributed by atoms with Gasteiger partial charge in [-0.1, -0.05) is 25.5 Å². The molecule has 0 radical (unpaired) electrons. The lowest BCUT2D eigenvalue weighted by atomic mass is 10.0. The van der Waals surface area contributed by atoms with Crippen LogP contribution in [0.5, 0.6) is 0 Å². The molecule has 1 atom stereocenters. The first kappa shape index (κ1) is 15.1. The molecule has 1 aromatic carbocycles. The second-order valence-corrected chi connectivity index (χ2v) is 4.98. The molecular formula is C14H18FNO3. The SMILES string of the molecule is Cc1ccc(F)c(C(=O)N[C@@H](CC(C)C)C(=O)O)c1. The van der Waals surface area contributed by atoms with E-state index >= 15 is 0 Å². The highest BCUT2D eigenvalue weighted by atomic mass is 19.1. The maximum absolute atomic E-state index is 13.5. The molecule has 0 bridgehead atoms. The van der Waals surface area contributed by atoms with E-state index in [0.29, 0.717) is 6.42 Å². The number of halogens is 1. The molecule has 5 heteroatoms. The molecule has 0 aliphatic carbocycles. The number of aliphatic carboxylic acids is 1. The molecule has 19 heavy (non-hydrogen) atoms. The fraction of sp³-hybridized carbons (Fsp3) is 0.429. The molecule has 0 aliphatic heterocycles. The van der Waals surface area contributed by atoms with Crippen molar-refractivity contribution in [2.45, 2.75) is 33.2 Å². The molecule has 0 aromatic heterocycles. The molecule has 0 saturated carbocycles. The molecule has 104 valence electrons. The van der Waals surface area contributed by atoms with Crippen LogP contribution in [0.1, 0.15) is 36.2 Å². The van der Waals surface area contributed by atoms with E-state index in [0.717, 1.165) is 5.56 Å². The summed E-state index contributed by atoms with van der Waals surface area (Å²) in [7, 11) is 0. The van der Waals surface area contributed by atoms with Crippen molar-refractivity contribution in [3.8, 4) is 0 Å². The highest BCUT2D eigenvalue weighted by Crippen LogP contribution is 2.11. The van der Waals surface area contributed by atoms with Gasteiger partial charge in [0.05, 0.1) is 5.56 Å². The Kier molecular flexibility index (Phi) is 5.03. The number of carbonyl (C=O) groups is 2. The van der Waals surface area contributed by atoms with Crippen molar-refractivity contribution in [1.29, 1.82) is 0 Å². The van der Waals surface area contributed by atoms with Gasteiger partial charge in [-0.2, -0.15) is 0 Å². The Hall–Kier alpha value is -1.91. The van der Waals surface area contributed by atoms with E-state index in [2.05, 4.69) is 5.32 Å². The maximum atomic E-state index is 13.5. The predicted molar refractivity (Wildman–Crippen MR) is 69.5 cm³/mol. The van der Waals surface area contributed by atoms with Crippen LogP contribution in [-0.4, -0.2) is 23.0 Å². The van der Waals surface area contributed by atoms with Gasteiger partial charge in [-0.05, 0) is 31.4 Å². The third-order valence-electron chi connectivity index (χ3n) is 2.68. The van der Waals surface area contributed by atoms with E-state index in [1.807, 2.05) is 13.8 Å². The summed E-state index contributed by atoms with van der Waals surface area (Å²) in [6.45, 7) is 5.45. The molecule has 1 rings (SSSR count). The monoisotopic (exact) mass is 267 g/mol. The number of aryl methyl sites for hydroxylation is 1. The van der Waals surface area contributed by atoms with Gasteiger partial charge in [-0.3, -0.25) is 4.79 Å². The molecule has 0 saturated heterocycles. The zero-order valence-electron chi connectivity index (χ0n) is 11.2. The smallest absolute Gasteiger partial charge is 0.326 e. The Bertz CT molecular complexity index is 486. The van der Waals surface area contributed by atoms with Gasteiger partial charge in [0.2, 0.25) is 0 Å². The summed E-state index contributed by atoms with van der Waals surface area (Å²) >= 11 is 0. The highest BCUT2D eigenvalue weighted by Gasteiger charge is 2.23. The molecule has 1 aromatic rings. The summed E-state index contributed by atoms with van der Waals surface area (Å²) in [6.07, 6.45) is 0.300. The molecule has 2 N–H and O–H groups in total. The van der Waals surface area contributed by atoms with Crippen LogP contribution in [-0.2, 0) is 4.79 Å². The third kappa shape index (κ3) is 4.35. The quantitative estimate of drug-likeness (QED) is 0.860. The molecule has 0 spiro atoms. The Balaban J connectivity index is 2.87. The number of carboxylic acids is 1. The third-order valence-corrected chi connectivity index (χ3v) is 2.68. The van der Waals surface area contributed by atoms with Crippen molar-refractivity contribution >= 4 is 11.9 Å². The zero-order valence-corrected chi connectivity index (χ0v) is 11.2. The standard InChI is InChI=1S/C14H18FNO3/c1-8(2)6-12(14(18)19)16-13(17)10-7-9(3)4-5-11(10)15/h4-5,7-8,12H,6H2,1-3H3,(H,16,17)(H,18,19)/t12-/m0/s1. The Morgan fingerprint density at radius 3 is 2.53 bits per heavy atom. The van der Waals surface area contributed by atoms with Crippen LogP contribution in [0.3, 0.4) is 0 Å². The summed E-state index contributed by atoms with van der Waals surface area (Å²) in [5, 5.41) is 11.4. The van der Waals surface area contributed by atoms with E-state index in [4.69, 9.17) is 5.11 Å². The lowest BCUT2D eigenvalue weighted by molar-refractivity contribution is -0.139. The summed E-state index contributed by atoms with van der Waals surface area (Å²) < 4.78 is 13.5. The van der Waals surface area contributed by atoms with Crippen molar-refractivity contribution in [2.75, 3.05) is 0 Å². The van der Waals surface area contributed by atoms with Gasteiger partial charge in [0.1, 0.15) is 11.9 Å². The maximum Gasteiger partial charge on any atom is 0.326 e. The Morgan fingerprint density at radius 2 is 2.00 bits per heavy atom. The van der Waals surface area contributed by atoms with Gasteiger partial charge >= 0.3 is 5.97 Å². The first-order chi connectivity index (χ1) is 8.81. The second-order valence-electron chi connectivity index (χ2n) is 4.98. The first-order valence-corrected chi connectivity index (χ1v) is 6.11. The largest absolute Gasteiger partial charge is 0.480 e. The van der Waals surface area contributed by atoms with Gasteiger partial charge in [-0.15, -0.1) is 0 Å². The van der Waals surface area contributed by atoms with Crippen LogP contribution < -0.4 is 5.32 Å². The van der Waals surface area contributed by atoms with E-state index < -0.39 is 23.7 Å². The highest BCUT2D eigenvalue weighted by molar-refractivity contribution is 5.96. The molecule has 1 amide bonds. The van der Waals surface area contributed by atoms with Crippen LogP contribution in [0.4, 0.5) is 4.39 Å². The normalized spacial score (nSPS) is 12.3. The Labute approximate surface area is 111 Å². The number of hydrogen-bond acceptors (Lipinski definition) is 2. The van der Waals surface area contributed by atoms with E-state index in [1.165, 1.54) is 12.1 Å². The average molecular weight is 267 g/mol. The van der Waals surface area contributed by atoms with Gasteiger partial charge in [0, 0.05) is 0 Å². The molecule has 4 nitrogen and oxygen atoms in total. The van der Waals surface area contributed by atoms with Crippen molar-refractivity contribution < 1.29 is 19.1 Å². The predicted octanol–water partition coefficient (Wildman–Crippen LogP) is 2.36. The fourth-order valence-electron chi connectivity index (χ4n) is 1.74. The summed E-state index contributed by atoms with van der Waals surface area (Å²) in [5.41, 5.74) is 0.609. The van der Waals surface area contributed by atoms with E-state index in [1.54, 1.807) is 13.0 Å². The van der Waals surface area contributed by atoms with Crippen molar-refractivity contribution in [2.24, 2.45) is 5.92 Å². The number of amides is 1. The summed E-state index contributed by atoms with van der Waals surface area (Å²) in [5.74, 6) is -2.36. The lowest BCUT2D eigenvalue weighted by Gasteiger charge is -2.16. The van der Waals surface area contributed by atoms with Crippen molar-refractivity contribution in [3.63, 3.8) is 0 Å². The lowest BCUT2D eigenvalue weighted by Crippen LogP contribution is -2.41. The zero-order chi connectivity index (χ0) is 14.6. The summed E-state index contributed by atoms with van der Waals surface area (Å²) in [6, 6.07) is 3.14. The van der Waals surface area contributed by atoms with Gasteiger partial charge in [0.25, 0.3) is 5.91 Å². The number of hydrogen-bond donors (Lipinski definition) is 2. The van der Waals surface area contributed by atoms with Gasteiger partial charge in [0.15, 0.2) is 0 Å². The van der Waals surface area contributed by atoms with E-state index in [9.17, 15) is 14.0 Å². The number of rotatable bonds is 5. The number of carbonyl (C=O) groups excluding carboxylic acids is 1. The van der Waals surface area contributed by atoms with Crippen LogP contribution in [0.2, 0.25) is 0 Å². The fourth-order valence-corrected chi connectivity index (χ4v) is 1.74. The topological polar surface area (TPSA) is 66.4 Å². The number of carboxylic acid groups (broad SMARTS) is 1. The molecule has 0 aliphatic rings. The number of benzene rings is 1. The minimum Gasteiger partial charge on any atom is -0.480 e. The average Bonchev–Trinajstić information content (AvgIpc) is 2.30. The Morgan fingerprint density at radius 1 is 1.37 bits per heavy atom. The minimum atomic E-state index is -1.12. The first-order valence-electron chi connectivity index (χ1n) is 6.11. The van der Waals surface area contributed by atoms with Gasteiger partial charge in [-0.25, -0.2) is 9.18 Å². The van der Waals surface area contributed by atoms with Crippen molar-refractivity contribution in [1.82, 2.24) is 5.32 Å². The van der Waals surface area contributed by atoms with Crippen molar-refractivity contribution in [3.05, 3.63) is 35.1 Å². The van der Waals surface area contributed by atoms with Crippen LogP contribution in [0.15, 0.2) is 18.2 Å². The van der Waals surface area contributed by atoms with E-state index in [-0.39, 0.29) is 11.5 Å². The van der Waals surface area contributed by atoms with Crippen LogP contribution in [0.25, 0.3) is 0 Å². The molecule has 0 fully saturated rings. The van der Waals surface area contributed by atoms with Crippen LogP contribution in [0, 0.1) is 18.7 Å². The molecular weight excluding hydrogens is 249 g/mol. The van der Waals surface area contributed by atoms with Crippen LogP contribution >= 0.6 is 0 Å². The summed E-state index contributed by atoms with van der Waals surface area (Å²) in [4.78, 5) is 22.9. The molecule has 0 heterocycles. The molecule has 0 unspecified atom stereocenters. The number of nitrogens with one attached hydrogen (secondary N) is 1. The van der Waals surface area contributed by atoms with Gasteiger partial charge < -0.3 is 10.4 Å².